The number of hydrogen-bond donors (Lipinski definition) is 2. The molecule has 0 aliphatic carbocycles. The molecule has 3 aromatic rings. The van der Waals surface area contributed by atoms with Gasteiger partial charge in [-0.3, -0.25) is 4.79 Å². The lowest BCUT2D eigenvalue weighted by Crippen LogP contribution is -2.25. The van der Waals surface area contributed by atoms with Crippen molar-refractivity contribution >= 4 is 11.5 Å². The molecule has 4 rings (SSSR count). The zero-order valence-electron chi connectivity index (χ0n) is 12.6. The van der Waals surface area contributed by atoms with E-state index in [-0.39, 0.29) is 17.4 Å². The molecule has 116 valence electrons. The Morgan fingerprint density at radius 3 is 1.92 bits per heavy atom. The van der Waals surface area contributed by atoms with Crippen LogP contribution in [0.5, 0.6) is 11.5 Å². The van der Waals surface area contributed by atoms with E-state index in [2.05, 4.69) is 4.99 Å². The van der Waals surface area contributed by atoms with Gasteiger partial charge in [-0.1, -0.05) is 36.4 Å². The van der Waals surface area contributed by atoms with Gasteiger partial charge in [0.05, 0.1) is 10.9 Å². The van der Waals surface area contributed by atoms with Crippen LogP contribution in [-0.2, 0) is 4.79 Å². The molecule has 0 aromatic heterocycles. The van der Waals surface area contributed by atoms with Gasteiger partial charge in [-0.2, -0.15) is 0 Å². The van der Waals surface area contributed by atoms with Gasteiger partial charge in [-0.25, -0.2) is 4.99 Å². The zero-order valence-corrected chi connectivity index (χ0v) is 12.6. The molecule has 0 unspecified atom stereocenters. The number of carbonyl (C=O) groups excluding carboxylic acids is 1. The number of amides is 1. The lowest BCUT2D eigenvalue weighted by molar-refractivity contribution is -0.112. The average Bonchev–Trinajstić information content (AvgIpc) is 2.92. The van der Waals surface area contributed by atoms with Crippen LogP contribution >= 0.6 is 0 Å². The van der Waals surface area contributed by atoms with Crippen molar-refractivity contribution in [3.8, 4) is 22.6 Å². The highest BCUT2D eigenvalue weighted by atomic mass is 16.3. The third kappa shape index (κ3) is 2.25. The lowest BCUT2D eigenvalue weighted by Gasteiger charge is -2.06. The number of phenolic OH excluding ortho intramolecular Hbond substituents is 2. The van der Waals surface area contributed by atoms with Crippen molar-refractivity contribution < 1.29 is 15.0 Å². The molecule has 1 aliphatic heterocycles. The van der Waals surface area contributed by atoms with E-state index < -0.39 is 0 Å². The summed E-state index contributed by atoms with van der Waals surface area (Å²) in [6.07, 6.45) is 0. The van der Waals surface area contributed by atoms with Crippen molar-refractivity contribution in [1.82, 2.24) is 0 Å². The van der Waals surface area contributed by atoms with E-state index in [0.717, 1.165) is 16.3 Å². The maximum atomic E-state index is 12.4. The summed E-state index contributed by atoms with van der Waals surface area (Å²) in [5.41, 5.74) is 3.01. The number of hydrogen-bond acceptors (Lipinski definition) is 3. The normalized spacial score (nSPS) is 12.8. The van der Waals surface area contributed by atoms with Crippen molar-refractivity contribution in [3.63, 3.8) is 0 Å². The first-order valence-corrected chi connectivity index (χ1v) is 7.49. The van der Waals surface area contributed by atoms with Crippen molar-refractivity contribution in [2.75, 3.05) is 0 Å². The van der Waals surface area contributed by atoms with E-state index >= 15 is 0 Å². The SMILES string of the molecule is O=C1N=c2cccc(-c3ccc(O)cc3)c2=C1c1ccc(O)cc1. The number of aromatic hydroxyl groups is 2. The maximum absolute atomic E-state index is 12.4. The van der Waals surface area contributed by atoms with Crippen LogP contribution in [0.2, 0.25) is 0 Å². The smallest absolute Gasteiger partial charge is 0.278 e. The number of rotatable bonds is 2. The molecule has 1 heterocycles. The van der Waals surface area contributed by atoms with Gasteiger partial charge in [-0.05, 0) is 47.0 Å². The quantitative estimate of drug-likeness (QED) is 0.761. The third-order valence-electron chi connectivity index (χ3n) is 4.06. The van der Waals surface area contributed by atoms with Gasteiger partial charge in [0.15, 0.2) is 0 Å². The predicted octanol–water partition coefficient (Wildman–Crippen LogP) is 2.12. The van der Waals surface area contributed by atoms with Crippen LogP contribution in [0, 0.1) is 0 Å². The van der Waals surface area contributed by atoms with Crippen molar-refractivity contribution in [2.24, 2.45) is 4.99 Å². The summed E-state index contributed by atoms with van der Waals surface area (Å²) in [4.78, 5) is 16.6. The maximum Gasteiger partial charge on any atom is 0.278 e. The summed E-state index contributed by atoms with van der Waals surface area (Å²) in [6.45, 7) is 0. The number of nitrogens with zero attached hydrogens (tertiary/aromatic N) is 1. The Kier molecular flexibility index (Phi) is 3.17. The predicted molar refractivity (Wildman–Crippen MR) is 89.9 cm³/mol. The fourth-order valence-electron chi connectivity index (χ4n) is 2.95. The van der Waals surface area contributed by atoms with Crippen LogP contribution in [0.1, 0.15) is 5.56 Å². The van der Waals surface area contributed by atoms with E-state index in [1.165, 1.54) is 0 Å². The molecule has 2 N–H and O–H groups in total. The minimum atomic E-state index is -0.290. The van der Waals surface area contributed by atoms with Gasteiger partial charge in [0, 0.05) is 5.22 Å². The highest BCUT2D eigenvalue weighted by Gasteiger charge is 2.20. The lowest BCUT2D eigenvalue weighted by atomic mass is 9.97. The minimum absolute atomic E-state index is 0.147. The Balaban J connectivity index is 2.06. The first kappa shape index (κ1) is 14.2. The molecule has 3 aromatic carbocycles. The molecule has 0 atom stereocenters. The molecule has 24 heavy (non-hydrogen) atoms. The van der Waals surface area contributed by atoms with Gasteiger partial charge >= 0.3 is 0 Å². The van der Waals surface area contributed by atoms with E-state index in [1.54, 1.807) is 36.4 Å². The Bertz CT molecular complexity index is 1070. The third-order valence-corrected chi connectivity index (χ3v) is 4.06. The summed E-state index contributed by atoms with van der Waals surface area (Å²) in [5, 5.41) is 20.4. The fourth-order valence-corrected chi connectivity index (χ4v) is 2.95. The summed E-state index contributed by atoms with van der Waals surface area (Å²) < 4.78 is 0. The average molecular weight is 315 g/mol. The molecule has 4 nitrogen and oxygen atoms in total. The molecule has 1 amide bonds. The first-order valence-electron chi connectivity index (χ1n) is 7.49. The van der Waals surface area contributed by atoms with E-state index in [9.17, 15) is 15.0 Å². The van der Waals surface area contributed by atoms with Gasteiger partial charge in [0.1, 0.15) is 11.5 Å². The van der Waals surface area contributed by atoms with Crippen LogP contribution in [0.3, 0.4) is 0 Å². The molecule has 0 bridgehead atoms. The van der Waals surface area contributed by atoms with E-state index in [4.69, 9.17) is 0 Å². The van der Waals surface area contributed by atoms with Crippen LogP contribution in [0.15, 0.2) is 71.7 Å². The highest BCUT2D eigenvalue weighted by molar-refractivity contribution is 6.21. The number of carbonyl (C=O) groups is 1. The molecule has 0 saturated heterocycles. The molecule has 0 fully saturated rings. The van der Waals surface area contributed by atoms with Gasteiger partial charge in [0.2, 0.25) is 0 Å². The molecular weight excluding hydrogens is 302 g/mol. The Hall–Kier alpha value is -3.40. The topological polar surface area (TPSA) is 69.9 Å². The molecule has 4 heteroatoms. The Morgan fingerprint density at radius 2 is 1.29 bits per heavy atom. The standard InChI is InChI=1S/C20H13NO3/c22-14-8-4-12(5-9-14)16-2-1-3-17-19(16)18(20(24)21-17)13-6-10-15(23)11-7-13/h1-11,22-23H. The second kappa shape index (κ2) is 5.35. The number of benzene rings is 3. The van der Waals surface area contributed by atoms with Gasteiger partial charge < -0.3 is 10.2 Å². The molecule has 0 spiro atoms. The van der Waals surface area contributed by atoms with Crippen molar-refractivity contribution in [2.45, 2.75) is 0 Å². The second-order valence-electron chi connectivity index (χ2n) is 5.59. The van der Waals surface area contributed by atoms with Gasteiger partial charge in [-0.15, -0.1) is 0 Å². The van der Waals surface area contributed by atoms with Crippen molar-refractivity contribution in [1.29, 1.82) is 0 Å². The summed E-state index contributed by atoms with van der Waals surface area (Å²) >= 11 is 0. The van der Waals surface area contributed by atoms with Gasteiger partial charge in [0.25, 0.3) is 5.91 Å². The summed E-state index contributed by atoms with van der Waals surface area (Å²) in [7, 11) is 0. The fraction of sp³-hybridized carbons (Fsp3) is 0. The van der Waals surface area contributed by atoms with E-state index in [1.807, 2.05) is 30.3 Å². The van der Waals surface area contributed by atoms with Crippen molar-refractivity contribution in [3.05, 3.63) is 82.9 Å². The van der Waals surface area contributed by atoms with Crippen LogP contribution in [0.4, 0.5) is 0 Å². The zero-order chi connectivity index (χ0) is 16.7. The molecular formula is C20H13NO3. The van der Waals surface area contributed by atoms with Crippen LogP contribution in [0.25, 0.3) is 16.7 Å². The van der Waals surface area contributed by atoms with E-state index in [0.29, 0.717) is 16.5 Å². The molecule has 0 saturated carbocycles. The minimum Gasteiger partial charge on any atom is -0.508 e. The largest absolute Gasteiger partial charge is 0.508 e. The Morgan fingerprint density at radius 1 is 0.708 bits per heavy atom. The van der Waals surface area contributed by atoms with Crippen LogP contribution < -0.4 is 10.6 Å². The summed E-state index contributed by atoms with van der Waals surface area (Å²) in [5.74, 6) is 0.0468. The first-order chi connectivity index (χ1) is 11.6. The summed E-state index contributed by atoms with van der Waals surface area (Å²) in [6, 6.07) is 19.0. The molecule has 1 aliphatic rings. The number of phenols is 2. The molecule has 0 radical (unpaired) electrons. The van der Waals surface area contributed by atoms with Crippen LogP contribution in [-0.4, -0.2) is 16.1 Å². The highest BCUT2D eigenvalue weighted by Crippen LogP contribution is 2.23. The number of fused-ring (bicyclic) bond motifs is 1. The second-order valence-corrected chi connectivity index (χ2v) is 5.59. The Labute approximate surface area is 137 Å². The monoisotopic (exact) mass is 315 g/mol.